The molecule has 3 aromatic rings. The minimum Gasteiger partial charge on any atom is -0.341 e. The van der Waals surface area contributed by atoms with Crippen LogP contribution in [0.1, 0.15) is 54.6 Å². The molecule has 1 aliphatic rings. The molecular formula is C24H19F4N3O2. The Morgan fingerprint density at radius 2 is 1.85 bits per heavy atom. The minimum absolute atomic E-state index is 0.0661. The average Bonchev–Trinajstić information content (AvgIpc) is 3.09. The zero-order chi connectivity index (χ0) is 23.9. The number of fused-ring (bicyclic) bond motifs is 1. The third-order valence-electron chi connectivity index (χ3n) is 5.52. The van der Waals surface area contributed by atoms with Crippen LogP contribution in [-0.2, 0) is 12.7 Å². The molecule has 9 heteroatoms. The molecule has 1 atom stereocenters. The molecule has 2 amide bonds. The fourth-order valence-electron chi connectivity index (χ4n) is 3.94. The number of carbonyl (C=O) groups excluding carboxylic acids is 2. The van der Waals surface area contributed by atoms with Crippen molar-refractivity contribution in [3.8, 4) is 0 Å². The second kappa shape index (κ2) is 8.32. The smallest absolute Gasteiger partial charge is 0.341 e. The molecule has 3 aromatic carbocycles. The van der Waals surface area contributed by atoms with Crippen LogP contribution in [-0.4, -0.2) is 11.8 Å². The van der Waals surface area contributed by atoms with Crippen LogP contribution in [0.15, 0.2) is 54.6 Å². The van der Waals surface area contributed by atoms with Gasteiger partial charge in [-0.2, -0.15) is 13.2 Å². The normalized spacial score (nSPS) is 15.2. The van der Waals surface area contributed by atoms with E-state index >= 15 is 0 Å². The third kappa shape index (κ3) is 4.31. The molecule has 0 spiro atoms. The molecule has 0 aromatic heterocycles. The molecule has 0 saturated carbocycles. The summed E-state index contributed by atoms with van der Waals surface area (Å²) in [6.07, 6.45) is -4.82. The number of amides is 2. The quantitative estimate of drug-likeness (QED) is 0.497. The van der Waals surface area contributed by atoms with Crippen molar-refractivity contribution in [2.45, 2.75) is 25.7 Å². The van der Waals surface area contributed by atoms with E-state index in [4.69, 9.17) is 5.73 Å². The number of alkyl halides is 3. The van der Waals surface area contributed by atoms with Gasteiger partial charge in [-0.3, -0.25) is 9.59 Å². The average molecular weight is 457 g/mol. The summed E-state index contributed by atoms with van der Waals surface area (Å²) in [5.74, 6) is -2.50. The fourth-order valence-corrected chi connectivity index (χ4v) is 3.94. The van der Waals surface area contributed by atoms with Crippen LogP contribution in [0.3, 0.4) is 0 Å². The van der Waals surface area contributed by atoms with Gasteiger partial charge in [0.1, 0.15) is 5.82 Å². The Kier molecular flexibility index (Phi) is 5.67. The standard InChI is InChI=1S/C24H19F4N3O2/c1-12-4-2-3-5-17(12)21-20-18(23(33)31-21)6-13(11-29)7-19(20)30-22(32)14-8-15(24(26,27)28)10-16(25)9-14/h2-10,21H,11,29H2,1H3,(H,30,32)(H,31,33). The van der Waals surface area contributed by atoms with E-state index in [-0.39, 0.29) is 18.1 Å². The number of benzene rings is 3. The van der Waals surface area contributed by atoms with Crippen molar-refractivity contribution in [1.29, 1.82) is 0 Å². The molecule has 1 heterocycles. The SMILES string of the molecule is Cc1ccccc1C1NC(=O)c2cc(CN)cc(NC(=O)c3cc(F)cc(C(F)(F)F)c3)c21. The van der Waals surface area contributed by atoms with Gasteiger partial charge >= 0.3 is 6.18 Å². The number of nitrogens with two attached hydrogens (primary N) is 1. The van der Waals surface area contributed by atoms with Crippen molar-refractivity contribution in [1.82, 2.24) is 5.32 Å². The Bertz CT molecular complexity index is 1270. The molecule has 1 unspecified atom stereocenters. The van der Waals surface area contributed by atoms with Gasteiger partial charge in [-0.05, 0) is 53.9 Å². The van der Waals surface area contributed by atoms with E-state index in [0.29, 0.717) is 28.8 Å². The second-order valence-electron chi connectivity index (χ2n) is 7.75. The molecule has 33 heavy (non-hydrogen) atoms. The van der Waals surface area contributed by atoms with Gasteiger partial charge in [0.05, 0.1) is 11.6 Å². The number of hydrogen-bond acceptors (Lipinski definition) is 3. The van der Waals surface area contributed by atoms with E-state index in [0.717, 1.165) is 17.2 Å². The minimum atomic E-state index is -4.82. The van der Waals surface area contributed by atoms with Crippen LogP contribution in [0.2, 0.25) is 0 Å². The number of nitrogens with one attached hydrogen (secondary N) is 2. The van der Waals surface area contributed by atoms with E-state index in [1.54, 1.807) is 12.1 Å². The predicted molar refractivity (Wildman–Crippen MR) is 114 cm³/mol. The highest BCUT2D eigenvalue weighted by Gasteiger charge is 2.35. The summed E-state index contributed by atoms with van der Waals surface area (Å²) < 4.78 is 53.1. The Morgan fingerprint density at radius 1 is 1.12 bits per heavy atom. The maximum absolute atomic E-state index is 13.8. The van der Waals surface area contributed by atoms with Crippen molar-refractivity contribution >= 4 is 17.5 Å². The first kappa shape index (κ1) is 22.5. The monoisotopic (exact) mass is 457 g/mol. The van der Waals surface area contributed by atoms with E-state index in [1.807, 2.05) is 31.2 Å². The number of hydrogen-bond donors (Lipinski definition) is 3. The third-order valence-corrected chi connectivity index (χ3v) is 5.52. The van der Waals surface area contributed by atoms with Gasteiger partial charge < -0.3 is 16.4 Å². The van der Waals surface area contributed by atoms with E-state index in [2.05, 4.69) is 10.6 Å². The molecule has 0 radical (unpaired) electrons. The van der Waals surface area contributed by atoms with Gasteiger partial charge in [-0.15, -0.1) is 0 Å². The summed E-state index contributed by atoms with van der Waals surface area (Å²) in [6.45, 7) is 1.94. The summed E-state index contributed by atoms with van der Waals surface area (Å²) in [6, 6.07) is 11.6. The Morgan fingerprint density at radius 3 is 2.52 bits per heavy atom. The van der Waals surface area contributed by atoms with Gasteiger partial charge in [-0.25, -0.2) is 4.39 Å². The molecule has 0 fully saturated rings. The molecule has 5 nitrogen and oxygen atoms in total. The van der Waals surface area contributed by atoms with Crippen LogP contribution in [0.5, 0.6) is 0 Å². The number of halogens is 4. The van der Waals surface area contributed by atoms with E-state index in [1.165, 1.54) is 0 Å². The molecule has 0 aliphatic carbocycles. The van der Waals surface area contributed by atoms with Crippen molar-refractivity contribution in [3.63, 3.8) is 0 Å². The lowest BCUT2D eigenvalue weighted by Gasteiger charge is -2.19. The first-order valence-corrected chi connectivity index (χ1v) is 10.0. The van der Waals surface area contributed by atoms with Crippen LogP contribution < -0.4 is 16.4 Å². The van der Waals surface area contributed by atoms with Crippen molar-refractivity contribution in [2.75, 3.05) is 5.32 Å². The summed E-state index contributed by atoms with van der Waals surface area (Å²) in [4.78, 5) is 25.6. The van der Waals surface area contributed by atoms with E-state index < -0.39 is 35.1 Å². The molecule has 4 N–H and O–H groups in total. The van der Waals surface area contributed by atoms with Crippen LogP contribution in [0, 0.1) is 12.7 Å². The van der Waals surface area contributed by atoms with Gasteiger partial charge in [0.15, 0.2) is 0 Å². The number of rotatable bonds is 4. The molecule has 0 saturated heterocycles. The number of carbonyl (C=O) groups is 2. The fraction of sp³-hybridized carbons (Fsp3) is 0.167. The lowest BCUT2D eigenvalue weighted by molar-refractivity contribution is -0.137. The van der Waals surface area contributed by atoms with Crippen molar-refractivity contribution < 1.29 is 27.2 Å². The van der Waals surface area contributed by atoms with Gasteiger partial charge in [-0.1, -0.05) is 24.3 Å². The van der Waals surface area contributed by atoms with Crippen molar-refractivity contribution in [3.05, 3.63) is 99.4 Å². The topological polar surface area (TPSA) is 84.2 Å². The zero-order valence-electron chi connectivity index (χ0n) is 17.4. The summed E-state index contributed by atoms with van der Waals surface area (Å²) in [7, 11) is 0. The highest BCUT2D eigenvalue weighted by atomic mass is 19.4. The highest BCUT2D eigenvalue weighted by molar-refractivity contribution is 6.08. The van der Waals surface area contributed by atoms with Crippen LogP contribution in [0.4, 0.5) is 23.2 Å². The first-order valence-electron chi connectivity index (χ1n) is 10.0. The Hall–Kier alpha value is -3.72. The van der Waals surface area contributed by atoms with Gasteiger partial charge in [0.25, 0.3) is 11.8 Å². The van der Waals surface area contributed by atoms with Crippen molar-refractivity contribution in [2.24, 2.45) is 5.73 Å². The largest absolute Gasteiger partial charge is 0.416 e. The predicted octanol–water partition coefficient (Wildman–Crippen LogP) is 4.70. The molecule has 0 bridgehead atoms. The molecule has 170 valence electrons. The summed E-state index contributed by atoms with van der Waals surface area (Å²) >= 11 is 0. The molecular weight excluding hydrogens is 438 g/mol. The number of aryl methyl sites for hydroxylation is 1. The summed E-state index contributed by atoms with van der Waals surface area (Å²) in [5, 5.41) is 5.44. The zero-order valence-corrected chi connectivity index (χ0v) is 17.4. The van der Waals surface area contributed by atoms with Gasteiger partial charge in [0.2, 0.25) is 0 Å². The van der Waals surface area contributed by atoms with Crippen LogP contribution in [0.25, 0.3) is 0 Å². The number of anilines is 1. The lowest BCUT2D eigenvalue weighted by Crippen LogP contribution is -2.21. The van der Waals surface area contributed by atoms with E-state index in [9.17, 15) is 27.2 Å². The maximum Gasteiger partial charge on any atom is 0.416 e. The first-order chi connectivity index (χ1) is 15.6. The second-order valence-corrected chi connectivity index (χ2v) is 7.75. The molecule has 4 rings (SSSR count). The van der Waals surface area contributed by atoms with Crippen LogP contribution >= 0.6 is 0 Å². The Labute approximate surface area is 186 Å². The lowest BCUT2D eigenvalue weighted by atomic mass is 9.92. The highest BCUT2D eigenvalue weighted by Crippen LogP contribution is 2.39. The van der Waals surface area contributed by atoms with Gasteiger partial charge in [0, 0.05) is 28.9 Å². The Balaban J connectivity index is 1.80. The summed E-state index contributed by atoms with van der Waals surface area (Å²) in [5.41, 5.74) is 7.18. The molecule has 1 aliphatic heterocycles. The maximum atomic E-state index is 13.8.